The van der Waals surface area contributed by atoms with Crippen LogP contribution in [0.15, 0.2) is 4.47 Å². The van der Waals surface area contributed by atoms with Gasteiger partial charge in [-0.2, -0.15) is 5.10 Å². The summed E-state index contributed by atoms with van der Waals surface area (Å²) in [5.41, 5.74) is 1.44. The second kappa shape index (κ2) is 4.26. The average Bonchev–Trinajstić information content (AvgIpc) is 2.54. The van der Waals surface area contributed by atoms with Gasteiger partial charge in [-0.3, -0.25) is 0 Å². The first-order chi connectivity index (χ1) is 8.12. The molecule has 0 saturated heterocycles. The fraction of sp³-hybridized carbons (Fsp3) is 0.786. The predicted octanol–water partition coefficient (Wildman–Crippen LogP) is 4.35. The van der Waals surface area contributed by atoms with E-state index < -0.39 is 0 Å². The highest BCUT2D eigenvalue weighted by Gasteiger charge is 2.35. The molecule has 3 nitrogen and oxygen atoms in total. The molecule has 1 unspecified atom stereocenters. The van der Waals surface area contributed by atoms with Gasteiger partial charge in [0.25, 0.3) is 0 Å². The number of fused-ring (bicyclic) bond motifs is 1. The van der Waals surface area contributed by atoms with Crippen molar-refractivity contribution in [3.63, 3.8) is 0 Å². The zero-order valence-electron chi connectivity index (χ0n) is 12.3. The summed E-state index contributed by atoms with van der Waals surface area (Å²) in [6.45, 7) is 14.5. The molecule has 1 atom stereocenters. The van der Waals surface area contributed by atoms with Gasteiger partial charge in [-0.15, -0.1) is 0 Å². The molecule has 1 aromatic rings. The van der Waals surface area contributed by atoms with E-state index in [1.165, 1.54) is 0 Å². The summed E-state index contributed by atoms with van der Waals surface area (Å²) in [4.78, 5) is 0. The Balaban J connectivity index is 2.54. The molecule has 0 fully saturated rings. The van der Waals surface area contributed by atoms with E-state index in [1.54, 1.807) is 0 Å². The maximum atomic E-state index is 4.88. The molecule has 0 bridgehead atoms. The lowest BCUT2D eigenvalue weighted by atomic mass is 9.84. The minimum absolute atomic E-state index is 0.0628. The largest absolute Gasteiger partial charge is 0.369 e. The fourth-order valence-electron chi connectivity index (χ4n) is 2.53. The molecule has 4 heteroatoms. The van der Waals surface area contributed by atoms with E-state index in [4.69, 9.17) is 5.10 Å². The number of hydrogen-bond donors (Lipinski definition) is 1. The molecule has 1 aliphatic rings. The Hall–Kier alpha value is -0.510. The van der Waals surface area contributed by atoms with E-state index >= 15 is 0 Å². The van der Waals surface area contributed by atoms with E-state index in [0.29, 0.717) is 6.04 Å². The van der Waals surface area contributed by atoms with Crippen molar-refractivity contribution in [2.75, 3.05) is 11.9 Å². The van der Waals surface area contributed by atoms with E-state index in [1.807, 2.05) is 0 Å². The molecule has 2 heterocycles. The van der Waals surface area contributed by atoms with Crippen LogP contribution in [0.3, 0.4) is 0 Å². The highest BCUT2D eigenvalue weighted by atomic mass is 79.9. The zero-order chi connectivity index (χ0) is 13.7. The van der Waals surface area contributed by atoms with Crippen molar-refractivity contribution in [3.8, 4) is 0 Å². The van der Waals surface area contributed by atoms with Crippen molar-refractivity contribution >= 4 is 21.7 Å². The molecule has 2 rings (SSSR count). The highest BCUT2D eigenvalue weighted by Crippen LogP contribution is 2.43. The van der Waals surface area contributed by atoms with Crippen molar-refractivity contribution in [3.05, 3.63) is 10.2 Å². The van der Waals surface area contributed by atoms with Gasteiger partial charge in [0.2, 0.25) is 0 Å². The van der Waals surface area contributed by atoms with Crippen molar-refractivity contribution in [2.45, 2.75) is 59.4 Å². The molecule has 1 aromatic heterocycles. The molecule has 1 N–H and O–H groups in total. The van der Waals surface area contributed by atoms with Gasteiger partial charge in [-0.1, -0.05) is 41.5 Å². The minimum atomic E-state index is 0.0628. The quantitative estimate of drug-likeness (QED) is 0.772. The van der Waals surface area contributed by atoms with E-state index in [2.05, 4.69) is 67.5 Å². The van der Waals surface area contributed by atoms with Crippen LogP contribution in [0, 0.1) is 5.41 Å². The molecule has 0 spiro atoms. The molecule has 1 aliphatic heterocycles. The summed E-state index contributed by atoms with van der Waals surface area (Å²) in [5, 5.41) is 8.36. The minimum Gasteiger partial charge on any atom is -0.369 e. The van der Waals surface area contributed by atoms with Crippen LogP contribution in [-0.4, -0.2) is 16.3 Å². The zero-order valence-corrected chi connectivity index (χ0v) is 13.8. The van der Waals surface area contributed by atoms with Crippen LogP contribution in [0.2, 0.25) is 0 Å². The van der Waals surface area contributed by atoms with Crippen LogP contribution in [0.5, 0.6) is 0 Å². The maximum absolute atomic E-state index is 4.88. The van der Waals surface area contributed by atoms with Crippen LogP contribution in [-0.2, 0) is 5.41 Å². The third-order valence-corrected chi connectivity index (χ3v) is 4.32. The SMILES string of the molecule is CC(C)(C)c1nn2c(c1Br)NCCC2C(C)(C)C. The Kier molecular flexibility index (Phi) is 3.29. The number of hydrogen-bond acceptors (Lipinski definition) is 2. The molecular formula is C14H24BrN3. The van der Waals surface area contributed by atoms with Crippen molar-refractivity contribution in [1.82, 2.24) is 9.78 Å². The number of nitrogens with zero attached hydrogens (tertiary/aromatic N) is 2. The first-order valence-electron chi connectivity index (χ1n) is 6.64. The van der Waals surface area contributed by atoms with Gasteiger partial charge < -0.3 is 5.32 Å². The first kappa shape index (κ1) is 13.9. The highest BCUT2D eigenvalue weighted by molar-refractivity contribution is 9.10. The predicted molar refractivity (Wildman–Crippen MR) is 80.2 cm³/mol. The lowest BCUT2D eigenvalue weighted by Gasteiger charge is -2.35. The molecule has 0 aliphatic carbocycles. The number of anilines is 1. The van der Waals surface area contributed by atoms with Crippen molar-refractivity contribution in [1.29, 1.82) is 0 Å². The lowest BCUT2D eigenvalue weighted by molar-refractivity contribution is 0.209. The van der Waals surface area contributed by atoms with E-state index in [9.17, 15) is 0 Å². The van der Waals surface area contributed by atoms with Crippen LogP contribution in [0.4, 0.5) is 5.82 Å². The summed E-state index contributed by atoms with van der Waals surface area (Å²) in [6.07, 6.45) is 1.13. The molecule has 0 amide bonds. The smallest absolute Gasteiger partial charge is 0.139 e. The fourth-order valence-corrected chi connectivity index (χ4v) is 3.52. The summed E-state index contributed by atoms with van der Waals surface area (Å²) in [7, 11) is 0. The standard InChI is InChI=1S/C14H24BrN3/c1-13(2,3)9-7-8-16-12-10(15)11(14(4,5)6)17-18(9)12/h9,16H,7-8H2,1-6H3. The summed E-state index contributed by atoms with van der Waals surface area (Å²) < 4.78 is 3.32. The van der Waals surface area contributed by atoms with Gasteiger partial charge in [-0.05, 0) is 27.8 Å². The Labute approximate surface area is 118 Å². The van der Waals surface area contributed by atoms with Crippen molar-refractivity contribution < 1.29 is 0 Å². The van der Waals surface area contributed by atoms with Gasteiger partial charge in [0.05, 0.1) is 16.2 Å². The second-order valence-corrected chi connectivity index (χ2v) is 8.10. The summed E-state index contributed by atoms with van der Waals surface area (Å²) >= 11 is 3.72. The number of rotatable bonds is 0. The topological polar surface area (TPSA) is 29.9 Å². The summed E-state index contributed by atoms with van der Waals surface area (Å²) in [6, 6.07) is 0.459. The third-order valence-electron chi connectivity index (χ3n) is 3.57. The lowest BCUT2D eigenvalue weighted by Crippen LogP contribution is -2.32. The van der Waals surface area contributed by atoms with Gasteiger partial charge in [0.1, 0.15) is 5.82 Å². The maximum Gasteiger partial charge on any atom is 0.139 e. The van der Waals surface area contributed by atoms with Crippen molar-refractivity contribution in [2.24, 2.45) is 5.41 Å². The molecular weight excluding hydrogens is 290 g/mol. The van der Waals surface area contributed by atoms with E-state index in [0.717, 1.165) is 29.0 Å². The van der Waals surface area contributed by atoms with Gasteiger partial charge in [0.15, 0.2) is 0 Å². The third kappa shape index (κ3) is 2.31. The van der Waals surface area contributed by atoms with Gasteiger partial charge in [0, 0.05) is 12.0 Å². The van der Waals surface area contributed by atoms with Gasteiger partial charge in [-0.25, -0.2) is 4.68 Å². The number of halogens is 1. The van der Waals surface area contributed by atoms with Crippen LogP contribution >= 0.6 is 15.9 Å². The second-order valence-electron chi connectivity index (χ2n) is 7.30. The van der Waals surface area contributed by atoms with Crippen LogP contribution < -0.4 is 5.32 Å². The van der Waals surface area contributed by atoms with Crippen LogP contribution in [0.1, 0.15) is 59.7 Å². The Morgan fingerprint density at radius 1 is 1.22 bits per heavy atom. The molecule has 0 radical (unpaired) electrons. The monoisotopic (exact) mass is 313 g/mol. The number of aromatic nitrogens is 2. The average molecular weight is 314 g/mol. The Bertz CT molecular complexity index is 449. The molecule has 18 heavy (non-hydrogen) atoms. The Morgan fingerprint density at radius 2 is 1.83 bits per heavy atom. The van der Waals surface area contributed by atoms with Crippen LogP contribution in [0.25, 0.3) is 0 Å². The first-order valence-corrected chi connectivity index (χ1v) is 7.44. The molecule has 102 valence electrons. The number of nitrogens with one attached hydrogen (secondary N) is 1. The summed E-state index contributed by atoms with van der Waals surface area (Å²) in [5.74, 6) is 1.14. The Morgan fingerprint density at radius 3 is 2.33 bits per heavy atom. The molecule has 0 saturated carbocycles. The van der Waals surface area contributed by atoms with Gasteiger partial charge >= 0.3 is 0 Å². The molecule has 0 aromatic carbocycles. The normalized spacial score (nSPS) is 20.5. The van der Waals surface area contributed by atoms with E-state index in [-0.39, 0.29) is 10.8 Å².